The predicted molar refractivity (Wildman–Crippen MR) is 56.7 cm³/mol. The van der Waals surface area contributed by atoms with Gasteiger partial charge in [0, 0.05) is 12.1 Å². The Labute approximate surface area is 107 Å². The molecule has 0 heterocycles. The van der Waals surface area contributed by atoms with E-state index in [4.69, 9.17) is 0 Å². The molecule has 0 fully saturated rings. The molecule has 0 bridgehead atoms. The van der Waals surface area contributed by atoms with Gasteiger partial charge in [0.15, 0.2) is 0 Å². The molecule has 76 valence electrons. The Morgan fingerprint density at radius 2 is 1.92 bits per heavy atom. The van der Waals surface area contributed by atoms with E-state index in [1.165, 1.54) is 0 Å². The number of likely N-dealkylation sites (N-methyl/N-ethyl adjacent to an activating group) is 1. The third-order valence-corrected chi connectivity index (χ3v) is 1.79. The van der Waals surface area contributed by atoms with Gasteiger partial charge in [-0.25, -0.2) is 13.0 Å². The van der Waals surface area contributed by atoms with Crippen LogP contribution in [0, 0.1) is 45.5 Å². The van der Waals surface area contributed by atoms with Gasteiger partial charge in [-0.05, 0) is 20.9 Å². The first kappa shape index (κ1) is 19.1. The largest absolute Gasteiger partial charge is 2.00 e. The van der Waals surface area contributed by atoms with Crippen molar-refractivity contribution in [3.05, 3.63) is 26.1 Å². The van der Waals surface area contributed by atoms with Crippen molar-refractivity contribution in [1.82, 2.24) is 10.6 Å². The van der Waals surface area contributed by atoms with Gasteiger partial charge in [0.25, 0.3) is 0 Å². The number of nitrogens with one attached hydrogen (secondary N) is 2. The third kappa shape index (κ3) is 10.3. The molecular formula is C10H22N2U. The van der Waals surface area contributed by atoms with Crippen LogP contribution in [0.15, 0.2) is 11.8 Å². The molecule has 0 aromatic rings. The molecule has 0 aromatic carbocycles. The topological polar surface area (TPSA) is 24.1 Å². The van der Waals surface area contributed by atoms with Crippen molar-refractivity contribution >= 4 is 0 Å². The van der Waals surface area contributed by atoms with Gasteiger partial charge in [-0.1, -0.05) is 6.92 Å². The maximum absolute atomic E-state index is 3.67. The second-order valence-corrected chi connectivity index (χ2v) is 3.37. The molecule has 0 spiro atoms. The van der Waals surface area contributed by atoms with Gasteiger partial charge in [-0.3, -0.25) is 0 Å². The van der Waals surface area contributed by atoms with Gasteiger partial charge in [-0.15, -0.1) is 5.70 Å². The summed E-state index contributed by atoms with van der Waals surface area (Å²) in [6, 6.07) is 0. The van der Waals surface area contributed by atoms with Gasteiger partial charge in [0.2, 0.25) is 0 Å². The first-order valence-electron chi connectivity index (χ1n) is 3.90. The molecular weight excluding hydrogens is 386 g/mol. The summed E-state index contributed by atoms with van der Waals surface area (Å²) in [4.78, 5) is 0. The van der Waals surface area contributed by atoms with Crippen molar-refractivity contribution in [3.63, 3.8) is 0 Å². The number of rotatable bonds is 4. The monoisotopic (exact) mass is 408 g/mol. The third-order valence-electron chi connectivity index (χ3n) is 1.79. The normalized spacial score (nSPS) is 11.2. The molecule has 0 unspecified atom stereocenters. The van der Waals surface area contributed by atoms with Crippen molar-refractivity contribution in [2.45, 2.75) is 26.3 Å². The molecule has 0 aliphatic carbocycles. The fourth-order valence-electron chi connectivity index (χ4n) is 0.521. The maximum Gasteiger partial charge on any atom is 2.00 e. The first-order valence-corrected chi connectivity index (χ1v) is 3.90. The minimum Gasteiger partial charge on any atom is -0.464 e. The molecule has 0 radical (unpaired) electrons. The summed E-state index contributed by atoms with van der Waals surface area (Å²) in [6.07, 6.45) is 1.83. The van der Waals surface area contributed by atoms with E-state index in [1.807, 2.05) is 20.0 Å². The van der Waals surface area contributed by atoms with Crippen molar-refractivity contribution < 1.29 is 31.1 Å². The molecule has 3 heteroatoms. The SMILES string of the molecule is [CH2-]/C=C(\C)NCC(C)(C)NC.[CH3-].[U+2]. The van der Waals surface area contributed by atoms with Crippen LogP contribution in [0.2, 0.25) is 0 Å². The molecule has 2 N–H and O–H groups in total. The molecule has 0 atom stereocenters. The van der Waals surface area contributed by atoms with Gasteiger partial charge >= 0.3 is 31.1 Å². The molecule has 0 amide bonds. The van der Waals surface area contributed by atoms with E-state index in [2.05, 4.69) is 31.4 Å². The Kier molecular flexibility index (Phi) is 13.2. The van der Waals surface area contributed by atoms with Gasteiger partial charge in [0.1, 0.15) is 0 Å². The van der Waals surface area contributed by atoms with Crippen LogP contribution in [0.5, 0.6) is 0 Å². The molecule has 0 aliphatic heterocycles. The number of allylic oxidation sites excluding steroid dienone is 2. The summed E-state index contributed by atoms with van der Waals surface area (Å²) < 4.78 is 0. The summed E-state index contributed by atoms with van der Waals surface area (Å²) in [6.45, 7) is 10.9. The van der Waals surface area contributed by atoms with E-state index in [-0.39, 0.29) is 44.1 Å². The van der Waals surface area contributed by atoms with E-state index in [1.54, 1.807) is 0 Å². The summed E-state index contributed by atoms with van der Waals surface area (Å²) in [5.41, 5.74) is 1.26. The molecule has 0 saturated heterocycles. The zero-order valence-corrected chi connectivity index (χ0v) is 13.7. The zero-order chi connectivity index (χ0) is 8.91. The molecule has 0 aromatic heterocycles. The molecule has 13 heavy (non-hydrogen) atoms. The van der Waals surface area contributed by atoms with E-state index in [0.717, 1.165) is 12.2 Å². The standard InChI is InChI=1S/C9H19N2.CH3.U/c1-6-8(2)11-7-9(3,4)10-5;;/h6,10-11H,1,7H2,2-5H3;1H3;/q2*-1;+2/b8-6+;;. The van der Waals surface area contributed by atoms with Gasteiger partial charge < -0.3 is 18.1 Å². The fourth-order valence-corrected chi connectivity index (χ4v) is 0.521. The van der Waals surface area contributed by atoms with Crippen LogP contribution < -0.4 is 10.6 Å². The zero-order valence-electron chi connectivity index (χ0n) is 9.49. The molecule has 0 rings (SSSR count). The van der Waals surface area contributed by atoms with Gasteiger partial charge in [-0.2, -0.15) is 0 Å². The van der Waals surface area contributed by atoms with Crippen LogP contribution in [-0.2, 0) is 0 Å². The quantitative estimate of drug-likeness (QED) is 0.693. The van der Waals surface area contributed by atoms with Crippen molar-refractivity contribution in [3.8, 4) is 0 Å². The first-order chi connectivity index (χ1) is 5.02. The summed E-state index contributed by atoms with van der Waals surface area (Å²) in [5, 5.41) is 6.47. The fraction of sp³-hybridized carbons (Fsp3) is 0.600. The second-order valence-electron chi connectivity index (χ2n) is 3.37. The van der Waals surface area contributed by atoms with Crippen LogP contribution in [-0.4, -0.2) is 19.1 Å². The Hall–Kier alpha value is 0.422. The minimum absolute atomic E-state index is 0. The Morgan fingerprint density at radius 1 is 1.46 bits per heavy atom. The number of hydrogen-bond donors (Lipinski definition) is 2. The van der Waals surface area contributed by atoms with Crippen molar-refractivity contribution in [1.29, 1.82) is 0 Å². The average Bonchev–Trinajstić information content (AvgIpc) is 2.00. The Balaban J connectivity index is -0.000000500. The molecule has 2 nitrogen and oxygen atoms in total. The van der Waals surface area contributed by atoms with E-state index in [0.29, 0.717) is 0 Å². The van der Waals surface area contributed by atoms with Crippen LogP contribution in [0.1, 0.15) is 20.8 Å². The predicted octanol–water partition coefficient (Wildman–Crippen LogP) is 1.76. The van der Waals surface area contributed by atoms with Crippen LogP contribution in [0.4, 0.5) is 0 Å². The van der Waals surface area contributed by atoms with E-state index >= 15 is 0 Å². The molecule has 0 saturated carbocycles. The van der Waals surface area contributed by atoms with Crippen molar-refractivity contribution in [2.75, 3.05) is 13.6 Å². The number of hydrogen-bond acceptors (Lipinski definition) is 2. The van der Waals surface area contributed by atoms with E-state index < -0.39 is 0 Å². The summed E-state index contributed by atoms with van der Waals surface area (Å²) in [5.74, 6) is 0. The molecule has 0 aliphatic rings. The van der Waals surface area contributed by atoms with Crippen LogP contribution in [0.25, 0.3) is 0 Å². The average molecular weight is 408 g/mol. The Bertz CT molecular complexity index is 142. The summed E-state index contributed by atoms with van der Waals surface area (Å²) in [7, 11) is 1.96. The Morgan fingerprint density at radius 3 is 2.23 bits per heavy atom. The van der Waals surface area contributed by atoms with Gasteiger partial charge in [0.05, 0.1) is 0 Å². The van der Waals surface area contributed by atoms with Crippen LogP contribution in [0.3, 0.4) is 0 Å². The van der Waals surface area contributed by atoms with Crippen LogP contribution >= 0.6 is 0 Å². The maximum atomic E-state index is 3.67. The van der Waals surface area contributed by atoms with E-state index in [9.17, 15) is 0 Å². The minimum atomic E-state index is 0. The second kappa shape index (κ2) is 9.00. The summed E-state index contributed by atoms with van der Waals surface area (Å²) >= 11 is 0. The van der Waals surface area contributed by atoms with Crippen molar-refractivity contribution in [2.24, 2.45) is 0 Å². The smallest absolute Gasteiger partial charge is 0.464 e.